The lowest BCUT2D eigenvalue weighted by atomic mass is 10.1. The molecule has 0 aliphatic carbocycles. The number of nitrogens with zero attached hydrogens (tertiary/aromatic N) is 3. The van der Waals surface area contributed by atoms with E-state index in [-0.39, 0.29) is 5.69 Å². The first-order valence-electron chi connectivity index (χ1n) is 12.0. The Morgan fingerprint density at radius 3 is 2.30 bits per heavy atom. The van der Waals surface area contributed by atoms with Crippen LogP contribution < -0.4 is 16.1 Å². The number of carbonyl (C=O) groups is 1. The predicted molar refractivity (Wildman–Crippen MR) is 145 cm³/mol. The third-order valence-corrected chi connectivity index (χ3v) is 6.56. The number of hydrogen-bond donors (Lipinski definition) is 1. The lowest BCUT2D eigenvalue weighted by molar-refractivity contribution is -0.141. The zero-order valence-corrected chi connectivity index (χ0v) is 20.2. The van der Waals surface area contributed by atoms with E-state index in [0.717, 1.165) is 37.5 Å². The fourth-order valence-corrected chi connectivity index (χ4v) is 4.78. The van der Waals surface area contributed by atoms with Gasteiger partial charge in [0.05, 0.1) is 5.52 Å². The SMILES string of the molecule is CC(=O)On1c(=O)c(-c2cn(Cc3ccc(CN)cc3)c3ccccc23)nc2cc3ccccc3cc21. The van der Waals surface area contributed by atoms with Gasteiger partial charge in [0, 0.05) is 42.7 Å². The van der Waals surface area contributed by atoms with Gasteiger partial charge in [-0.05, 0) is 40.1 Å². The molecule has 0 amide bonds. The standard InChI is InChI=1S/C30H24N4O3/c1-19(35)37-34-28-15-23-7-3-2-6-22(23)14-26(28)32-29(30(34)36)25-18-33(27-9-5-4-8-24(25)27)17-21-12-10-20(16-31)11-13-21/h2-15,18H,16-17,31H2,1H3. The number of hydrogen-bond acceptors (Lipinski definition) is 5. The molecule has 182 valence electrons. The highest BCUT2D eigenvalue weighted by atomic mass is 16.7. The maximum absolute atomic E-state index is 13.7. The molecule has 0 bridgehead atoms. The quantitative estimate of drug-likeness (QED) is 0.357. The molecule has 0 unspecified atom stereocenters. The van der Waals surface area contributed by atoms with Gasteiger partial charge in [0.25, 0.3) is 0 Å². The van der Waals surface area contributed by atoms with Crippen molar-refractivity contribution in [2.75, 3.05) is 0 Å². The van der Waals surface area contributed by atoms with E-state index < -0.39 is 11.5 Å². The monoisotopic (exact) mass is 488 g/mol. The molecule has 0 saturated heterocycles. The Kier molecular flexibility index (Phi) is 5.54. The van der Waals surface area contributed by atoms with Gasteiger partial charge in [-0.3, -0.25) is 4.79 Å². The van der Waals surface area contributed by atoms with Gasteiger partial charge in [0.1, 0.15) is 11.2 Å². The topological polar surface area (TPSA) is 92.1 Å². The smallest absolute Gasteiger partial charge is 0.330 e. The van der Waals surface area contributed by atoms with Crippen molar-refractivity contribution in [3.8, 4) is 11.3 Å². The third kappa shape index (κ3) is 4.05. The van der Waals surface area contributed by atoms with Crippen molar-refractivity contribution in [1.29, 1.82) is 0 Å². The average molecular weight is 489 g/mol. The second kappa shape index (κ2) is 9.04. The minimum absolute atomic E-state index is 0.220. The molecule has 2 heterocycles. The van der Waals surface area contributed by atoms with Gasteiger partial charge in [-0.15, -0.1) is 4.73 Å². The molecule has 0 atom stereocenters. The van der Waals surface area contributed by atoms with E-state index >= 15 is 0 Å². The summed E-state index contributed by atoms with van der Waals surface area (Å²) in [7, 11) is 0. The van der Waals surface area contributed by atoms with E-state index in [1.807, 2.05) is 79.0 Å². The number of nitrogens with two attached hydrogens (primary N) is 1. The fourth-order valence-electron chi connectivity index (χ4n) is 4.78. The van der Waals surface area contributed by atoms with Crippen molar-refractivity contribution in [2.24, 2.45) is 5.73 Å². The number of aromatic nitrogens is 3. The molecule has 7 nitrogen and oxygen atoms in total. The summed E-state index contributed by atoms with van der Waals surface area (Å²) < 4.78 is 3.16. The lowest BCUT2D eigenvalue weighted by Gasteiger charge is -2.11. The zero-order chi connectivity index (χ0) is 25.5. The van der Waals surface area contributed by atoms with Crippen LogP contribution in [0.4, 0.5) is 0 Å². The van der Waals surface area contributed by atoms with Crippen LogP contribution in [0.25, 0.3) is 44.0 Å². The molecule has 4 aromatic carbocycles. The van der Waals surface area contributed by atoms with Crippen molar-refractivity contribution < 1.29 is 9.63 Å². The van der Waals surface area contributed by atoms with Crippen LogP contribution in [0.1, 0.15) is 18.1 Å². The second-order valence-electron chi connectivity index (χ2n) is 9.04. The molecule has 0 spiro atoms. The van der Waals surface area contributed by atoms with Crippen molar-refractivity contribution in [2.45, 2.75) is 20.0 Å². The number of benzene rings is 4. The molecule has 0 radical (unpaired) electrons. The summed E-state index contributed by atoms with van der Waals surface area (Å²) in [5, 5.41) is 2.78. The first-order chi connectivity index (χ1) is 18.0. The molecule has 0 fully saturated rings. The Morgan fingerprint density at radius 2 is 1.57 bits per heavy atom. The summed E-state index contributed by atoms with van der Waals surface area (Å²) >= 11 is 0. The molecule has 6 rings (SSSR count). The van der Waals surface area contributed by atoms with Gasteiger partial charge >= 0.3 is 11.5 Å². The summed E-state index contributed by atoms with van der Waals surface area (Å²) in [6.45, 7) is 2.39. The summed E-state index contributed by atoms with van der Waals surface area (Å²) in [5.41, 5.74) is 10.3. The molecule has 0 saturated carbocycles. The highest BCUT2D eigenvalue weighted by Gasteiger charge is 2.20. The van der Waals surface area contributed by atoms with E-state index in [4.69, 9.17) is 15.6 Å². The molecule has 2 N–H and O–H groups in total. The lowest BCUT2D eigenvalue weighted by Crippen LogP contribution is -2.31. The predicted octanol–water partition coefficient (Wildman–Crippen LogP) is 4.65. The molecule has 0 aliphatic heterocycles. The van der Waals surface area contributed by atoms with Crippen LogP contribution in [0.3, 0.4) is 0 Å². The Labute approximate surface area is 212 Å². The van der Waals surface area contributed by atoms with E-state index in [1.165, 1.54) is 6.92 Å². The Bertz CT molecular complexity index is 1870. The van der Waals surface area contributed by atoms with Crippen molar-refractivity contribution >= 4 is 38.7 Å². The van der Waals surface area contributed by atoms with Crippen LogP contribution in [-0.2, 0) is 17.9 Å². The maximum Gasteiger partial charge on any atom is 0.330 e. The molecule has 0 aliphatic rings. The van der Waals surface area contributed by atoms with E-state index in [2.05, 4.69) is 16.7 Å². The van der Waals surface area contributed by atoms with Gasteiger partial charge in [0.15, 0.2) is 0 Å². The third-order valence-electron chi connectivity index (χ3n) is 6.56. The number of fused-ring (bicyclic) bond motifs is 3. The average Bonchev–Trinajstić information content (AvgIpc) is 3.27. The highest BCUT2D eigenvalue weighted by Crippen LogP contribution is 2.30. The molecule has 6 aromatic rings. The summed E-state index contributed by atoms with van der Waals surface area (Å²) in [6, 6.07) is 27.6. The minimum atomic E-state index is -0.586. The van der Waals surface area contributed by atoms with Crippen LogP contribution in [0, 0.1) is 0 Å². The minimum Gasteiger partial charge on any atom is -0.342 e. The first-order valence-corrected chi connectivity index (χ1v) is 12.0. The van der Waals surface area contributed by atoms with Gasteiger partial charge in [-0.2, -0.15) is 0 Å². The Morgan fingerprint density at radius 1 is 0.892 bits per heavy atom. The van der Waals surface area contributed by atoms with E-state index in [0.29, 0.717) is 29.7 Å². The molecule has 2 aromatic heterocycles. The summed E-state index contributed by atoms with van der Waals surface area (Å²) in [5.74, 6) is -0.586. The van der Waals surface area contributed by atoms with Crippen LogP contribution in [-0.4, -0.2) is 20.3 Å². The Hall–Kier alpha value is -4.75. The van der Waals surface area contributed by atoms with E-state index in [1.54, 1.807) is 0 Å². The van der Waals surface area contributed by atoms with Gasteiger partial charge in [0.2, 0.25) is 0 Å². The highest BCUT2D eigenvalue weighted by molar-refractivity contribution is 5.98. The van der Waals surface area contributed by atoms with Crippen LogP contribution >= 0.6 is 0 Å². The Balaban J connectivity index is 1.58. The first kappa shape index (κ1) is 22.7. The van der Waals surface area contributed by atoms with Crippen LogP contribution in [0.15, 0.2) is 95.9 Å². The second-order valence-corrected chi connectivity index (χ2v) is 9.04. The van der Waals surface area contributed by atoms with Gasteiger partial charge in [-0.1, -0.05) is 66.7 Å². The van der Waals surface area contributed by atoms with Crippen LogP contribution in [0.2, 0.25) is 0 Å². The molecular formula is C30H24N4O3. The number of rotatable bonds is 5. The fraction of sp³-hybridized carbons (Fsp3) is 0.100. The van der Waals surface area contributed by atoms with E-state index in [9.17, 15) is 9.59 Å². The van der Waals surface area contributed by atoms with Crippen molar-refractivity contribution in [1.82, 2.24) is 14.3 Å². The zero-order valence-electron chi connectivity index (χ0n) is 20.2. The van der Waals surface area contributed by atoms with Crippen LogP contribution in [0.5, 0.6) is 0 Å². The molecular weight excluding hydrogens is 464 g/mol. The molecule has 7 heteroatoms. The maximum atomic E-state index is 13.7. The van der Waals surface area contributed by atoms with Gasteiger partial charge < -0.3 is 15.1 Å². The normalized spacial score (nSPS) is 11.4. The van der Waals surface area contributed by atoms with Gasteiger partial charge in [-0.25, -0.2) is 9.78 Å². The summed E-state index contributed by atoms with van der Waals surface area (Å²) in [6.07, 6.45) is 1.94. The number of para-hydroxylation sites is 1. The van der Waals surface area contributed by atoms with Crippen molar-refractivity contribution in [3.63, 3.8) is 0 Å². The number of carbonyl (C=O) groups excluding carboxylic acids is 1. The largest absolute Gasteiger partial charge is 0.342 e. The van der Waals surface area contributed by atoms with Crippen molar-refractivity contribution in [3.05, 3.63) is 113 Å². The molecule has 37 heavy (non-hydrogen) atoms. The summed E-state index contributed by atoms with van der Waals surface area (Å²) in [4.78, 5) is 35.9.